The average molecular weight is 285 g/mol. The van der Waals surface area contributed by atoms with Crippen molar-refractivity contribution >= 4 is 5.78 Å². The van der Waals surface area contributed by atoms with Crippen LogP contribution in [-0.4, -0.2) is 56.7 Å². The lowest BCUT2D eigenvalue weighted by Crippen LogP contribution is -2.29. The van der Waals surface area contributed by atoms with Gasteiger partial charge >= 0.3 is 0 Å². The molecule has 1 fully saturated rings. The fraction of sp³-hybridized carbons (Fsp3) is 0.500. The smallest absolute Gasteiger partial charge is 0.179 e. The van der Waals surface area contributed by atoms with Crippen LogP contribution in [0.3, 0.4) is 0 Å². The summed E-state index contributed by atoms with van der Waals surface area (Å²) in [5.41, 5.74) is -0.222. The van der Waals surface area contributed by atoms with E-state index in [1.165, 1.54) is 0 Å². The zero-order chi connectivity index (χ0) is 14.7. The van der Waals surface area contributed by atoms with Gasteiger partial charge in [-0.2, -0.15) is 0 Å². The van der Waals surface area contributed by atoms with Crippen LogP contribution in [0.15, 0.2) is 18.2 Å². The number of rotatable bonds is 5. The summed E-state index contributed by atoms with van der Waals surface area (Å²) in [7, 11) is 3.16. The van der Waals surface area contributed by atoms with Crippen molar-refractivity contribution in [2.75, 3.05) is 33.9 Å². The molecule has 6 heteroatoms. The van der Waals surface area contributed by atoms with E-state index in [0.717, 1.165) is 18.2 Å². The maximum atomic E-state index is 13.5. The van der Waals surface area contributed by atoms with Crippen LogP contribution in [0.1, 0.15) is 10.4 Å². The molecule has 110 valence electrons. The van der Waals surface area contributed by atoms with Crippen LogP contribution in [0.25, 0.3) is 0 Å². The van der Waals surface area contributed by atoms with E-state index in [1.54, 1.807) is 14.2 Å². The second kappa shape index (κ2) is 6.39. The van der Waals surface area contributed by atoms with Gasteiger partial charge in [-0.3, -0.25) is 9.69 Å². The van der Waals surface area contributed by atoms with Crippen LogP contribution in [-0.2, 0) is 9.47 Å². The van der Waals surface area contributed by atoms with E-state index >= 15 is 0 Å². The van der Waals surface area contributed by atoms with Gasteiger partial charge in [-0.05, 0) is 18.2 Å². The number of likely N-dealkylation sites (tertiary alicyclic amines) is 1. The number of Topliss-reactive ketones (excluding diaryl/α,β-unsaturated/α-hetero) is 1. The summed E-state index contributed by atoms with van der Waals surface area (Å²) in [5, 5.41) is 0. The number of methoxy groups -OCH3 is 2. The fourth-order valence-corrected chi connectivity index (χ4v) is 2.40. The van der Waals surface area contributed by atoms with Gasteiger partial charge < -0.3 is 9.47 Å². The van der Waals surface area contributed by atoms with Crippen molar-refractivity contribution in [2.45, 2.75) is 12.2 Å². The Bertz CT molecular complexity index is 483. The van der Waals surface area contributed by atoms with Gasteiger partial charge in [0.2, 0.25) is 0 Å². The molecule has 1 aromatic carbocycles. The molecule has 1 aliphatic heterocycles. The molecule has 2 atom stereocenters. The molecule has 0 bridgehead atoms. The third-order valence-corrected chi connectivity index (χ3v) is 3.49. The normalized spacial score (nSPS) is 23.2. The molecule has 0 aromatic heterocycles. The first kappa shape index (κ1) is 15.0. The van der Waals surface area contributed by atoms with E-state index < -0.39 is 17.4 Å². The molecule has 2 unspecified atom stereocenters. The molecular formula is C14H17F2NO3. The Hall–Kier alpha value is -1.37. The van der Waals surface area contributed by atoms with Gasteiger partial charge in [-0.25, -0.2) is 8.78 Å². The molecule has 0 radical (unpaired) electrons. The fourth-order valence-electron chi connectivity index (χ4n) is 2.40. The highest BCUT2D eigenvalue weighted by Gasteiger charge is 2.34. The molecule has 0 N–H and O–H groups in total. The number of hydrogen-bond acceptors (Lipinski definition) is 4. The van der Waals surface area contributed by atoms with Crippen molar-refractivity contribution < 1.29 is 23.0 Å². The van der Waals surface area contributed by atoms with Crippen LogP contribution in [0.2, 0.25) is 0 Å². The molecule has 0 amide bonds. The predicted octanol–water partition coefficient (Wildman–Crippen LogP) is 1.49. The average Bonchev–Trinajstić information content (AvgIpc) is 2.83. The first-order chi connectivity index (χ1) is 9.55. The third-order valence-electron chi connectivity index (χ3n) is 3.49. The van der Waals surface area contributed by atoms with Crippen LogP contribution in [0, 0.1) is 11.6 Å². The maximum Gasteiger partial charge on any atom is 0.179 e. The van der Waals surface area contributed by atoms with Gasteiger partial charge in [0.05, 0.1) is 24.3 Å². The third kappa shape index (κ3) is 3.20. The molecule has 0 saturated carbocycles. The van der Waals surface area contributed by atoms with Crippen LogP contribution in [0.4, 0.5) is 8.78 Å². The number of carbonyl (C=O) groups is 1. The molecule has 0 spiro atoms. The molecule has 1 aliphatic rings. The lowest BCUT2D eigenvalue weighted by atomic mass is 10.1. The second-order valence-electron chi connectivity index (χ2n) is 4.79. The minimum Gasteiger partial charge on any atom is -0.377 e. The number of benzene rings is 1. The molecular weight excluding hydrogens is 268 g/mol. The Balaban J connectivity index is 2.04. The van der Waals surface area contributed by atoms with Crippen molar-refractivity contribution in [3.05, 3.63) is 35.4 Å². The predicted molar refractivity (Wildman–Crippen MR) is 68.7 cm³/mol. The van der Waals surface area contributed by atoms with Gasteiger partial charge in [0.15, 0.2) is 5.78 Å². The molecule has 2 rings (SSSR count). The quantitative estimate of drug-likeness (QED) is 0.768. The highest BCUT2D eigenvalue weighted by Crippen LogP contribution is 2.17. The lowest BCUT2D eigenvalue weighted by Gasteiger charge is -2.14. The summed E-state index contributed by atoms with van der Waals surface area (Å²) < 4.78 is 37.1. The van der Waals surface area contributed by atoms with Gasteiger partial charge in [0, 0.05) is 27.3 Å². The Morgan fingerprint density at radius 3 is 2.40 bits per heavy atom. The summed E-state index contributed by atoms with van der Waals surface area (Å²) in [6.45, 7) is 1.06. The standard InChI is InChI=1S/C14H17F2NO3/c1-19-13-7-17(8-14(13)20-2)6-12(18)10-5-9(15)3-4-11(10)16/h3-5,13-14H,6-8H2,1-2H3. The van der Waals surface area contributed by atoms with Crippen molar-refractivity contribution in [3.8, 4) is 0 Å². The van der Waals surface area contributed by atoms with Crippen LogP contribution >= 0.6 is 0 Å². The van der Waals surface area contributed by atoms with Gasteiger partial charge in [-0.15, -0.1) is 0 Å². The first-order valence-electron chi connectivity index (χ1n) is 6.31. The van der Waals surface area contributed by atoms with E-state index in [4.69, 9.17) is 9.47 Å². The Morgan fingerprint density at radius 2 is 1.85 bits per heavy atom. The van der Waals surface area contributed by atoms with E-state index in [2.05, 4.69) is 0 Å². The SMILES string of the molecule is COC1CN(CC(=O)c2cc(F)ccc2F)CC1OC. The van der Waals surface area contributed by atoms with Gasteiger partial charge in [0.1, 0.15) is 11.6 Å². The summed E-state index contributed by atoms with van der Waals surface area (Å²) >= 11 is 0. The van der Waals surface area contributed by atoms with Crippen molar-refractivity contribution in [1.82, 2.24) is 4.90 Å². The van der Waals surface area contributed by atoms with Crippen LogP contribution in [0.5, 0.6) is 0 Å². The molecule has 4 nitrogen and oxygen atoms in total. The van der Waals surface area contributed by atoms with Crippen molar-refractivity contribution in [2.24, 2.45) is 0 Å². The maximum absolute atomic E-state index is 13.5. The first-order valence-corrected chi connectivity index (χ1v) is 6.31. The molecule has 0 aliphatic carbocycles. The zero-order valence-corrected chi connectivity index (χ0v) is 11.4. The molecule has 1 heterocycles. The topological polar surface area (TPSA) is 38.8 Å². The number of carbonyl (C=O) groups excluding carboxylic acids is 1. The monoisotopic (exact) mass is 285 g/mol. The number of ether oxygens (including phenoxy) is 2. The lowest BCUT2D eigenvalue weighted by molar-refractivity contribution is -0.00461. The summed E-state index contributed by atoms with van der Waals surface area (Å²) in [6.07, 6.45) is -0.240. The zero-order valence-electron chi connectivity index (χ0n) is 11.4. The number of hydrogen-bond donors (Lipinski definition) is 0. The Labute approximate surface area is 116 Å². The molecule has 1 aromatic rings. The summed E-state index contributed by atoms with van der Waals surface area (Å²) in [5.74, 6) is -1.78. The highest BCUT2D eigenvalue weighted by molar-refractivity contribution is 5.97. The van der Waals surface area contributed by atoms with Gasteiger partial charge in [-0.1, -0.05) is 0 Å². The number of nitrogens with zero attached hydrogens (tertiary/aromatic N) is 1. The summed E-state index contributed by atoms with van der Waals surface area (Å²) in [4.78, 5) is 13.8. The second-order valence-corrected chi connectivity index (χ2v) is 4.79. The molecule has 1 saturated heterocycles. The summed E-state index contributed by atoms with van der Waals surface area (Å²) in [6, 6.07) is 2.88. The molecule has 20 heavy (non-hydrogen) atoms. The number of ketones is 1. The van der Waals surface area contributed by atoms with Gasteiger partial charge in [0.25, 0.3) is 0 Å². The minimum atomic E-state index is -0.706. The highest BCUT2D eigenvalue weighted by atomic mass is 19.1. The van der Waals surface area contributed by atoms with Crippen molar-refractivity contribution in [3.63, 3.8) is 0 Å². The largest absolute Gasteiger partial charge is 0.377 e. The number of halogens is 2. The van der Waals surface area contributed by atoms with E-state index in [1.807, 2.05) is 4.90 Å². The van der Waals surface area contributed by atoms with E-state index in [9.17, 15) is 13.6 Å². The van der Waals surface area contributed by atoms with E-state index in [-0.39, 0.29) is 24.3 Å². The van der Waals surface area contributed by atoms with E-state index in [0.29, 0.717) is 13.1 Å². The Morgan fingerprint density at radius 1 is 1.25 bits per heavy atom. The van der Waals surface area contributed by atoms with Crippen molar-refractivity contribution in [1.29, 1.82) is 0 Å². The minimum absolute atomic E-state index is 0.0140. The Kier molecular flexibility index (Phi) is 4.80. The van der Waals surface area contributed by atoms with Crippen LogP contribution < -0.4 is 0 Å².